The first kappa shape index (κ1) is 13.8. The van der Waals surface area contributed by atoms with Gasteiger partial charge in [-0.15, -0.1) is 0 Å². The van der Waals surface area contributed by atoms with Gasteiger partial charge in [0.1, 0.15) is 0 Å². The zero-order chi connectivity index (χ0) is 11.0. The van der Waals surface area contributed by atoms with Crippen LogP contribution in [0.4, 0.5) is 0 Å². The minimum atomic E-state index is -0.0171. The van der Waals surface area contributed by atoms with Gasteiger partial charge < -0.3 is 11.1 Å². The Bertz CT molecular complexity index is 160. The van der Waals surface area contributed by atoms with Crippen molar-refractivity contribution in [2.24, 2.45) is 17.6 Å². The number of nitrogens with one attached hydrogen (secondary N) is 1. The molecule has 0 rings (SSSR count). The molecule has 0 spiro atoms. The standard InChI is InChI=1S/C10H22N2OS/c1-4-9(5-11)10(13)12-6-8(2)7-14-3/h8-9H,4-7,11H2,1-3H3,(H,12,13). The molecule has 0 aliphatic heterocycles. The highest BCUT2D eigenvalue weighted by molar-refractivity contribution is 7.98. The Kier molecular flexibility index (Phi) is 7.99. The first-order chi connectivity index (χ1) is 6.65. The molecule has 0 heterocycles. The second-order valence-corrected chi connectivity index (χ2v) is 4.56. The maximum absolute atomic E-state index is 11.5. The van der Waals surface area contributed by atoms with E-state index in [1.54, 1.807) is 11.8 Å². The lowest BCUT2D eigenvalue weighted by molar-refractivity contribution is -0.124. The number of amides is 1. The molecule has 0 fully saturated rings. The highest BCUT2D eigenvalue weighted by Gasteiger charge is 2.14. The summed E-state index contributed by atoms with van der Waals surface area (Å²) in [6.07, 6.45) is 2.90. The summed E-state index contributed by atoms with van der Waals surface area (Å²) >= 11 is 1.81. The van der Waals surface area contributed by atoms with E-state index < -0.39 is 0 Å². The molecule has 84 valence electrons. The van der Waals surface area contributed by atoms with Crippen LogP contribution in [0.15, 0.2) is 0 Å². The molecule has 3 N–H and O–H groups in total. The molecule has 0 aromatic carbocycles. The average molecular weight is 218 g/mol. The average Bonchev–Trinajstić information content (AvgIpc) is 2.17. The van der Waals surface area contributed by atoms with E-state index in [4.69, 9.17) is 5.73 Å². The maximum atomic E-state index is 11.5. The molecule has 3 nitrogen and oxygen atoms in total. The zero-order valence-corrected chi connectivity index (χ0v) is 10.2. The predicted molar refractivity (Wildman–Crippen MR) is 63.4 cm³/mol. The lowest BCUT2D eigenvalue weighted by Crippen LogP contribution is -2.37. The van der Waals surface area contributed by atoms with Gasteiger partial charge in [0, 0.05) is 19.0 Å². The maximum Gasteiger partial charge on any atom is 0.224 e. The van der Waals surface area contributed by atoms with Crippen molar-refractivity contribution in [2.75, 3.05) is 25.1 Å². The first-order valence-electron chi connectivity index (χ1n) is 5.12. The molecular formula is C10H22N2OS. The summed E-state index contributed by atoms with van der Waals surface area (Å²) in [4.78, 5) is 11.5. The van der Waals surface area contributed by atoms with Crippen molar-refractivity contribution in [2.45, 2.75) is 20.3 Å². The summed E-state index contributed by atoms with van der Waals surface area (Å²) in [5, 5.41) is 2.94. The van der Waals surface area contributed by atoms with Crippen molar-refractivity contribution in [1.29, 1.82) is 0 Å². The molecule has 14 heavy (non-hydrogen) atoms. The Labute approximate surface area is 91.2 Å². The van der Waals surface area contributed by atoms with Crippen molar-refractivity contribution < 1.29 is 4.79 Å². The Morgan fingerprint density at radius 2 is 2.21 bits per heavy atom. The van der Waals surface area contributed by atoms with E-state index in [0.29, 0.717) is 12.5 Å². The molecule has 0 aliphatic carbocycles. The molecule has 2 unspecified atom stereocenters. The molecule has 0 saturated heterocycles. The van der Waals surface area contributed by atoms with Crippen LogP contribution in [0.1, 0.15) is 20.3 Å². The second kappa shape index (κ2) is 8.12. The second-order valence-electron chi connectivity index (χ2n) is 3.65. The summed E-state index contributed by atoms with van der Waals surface area (Å²) < 4.78 is 0. The largest absolute Gasteiger partial charge is 0.356 e. The molecule has 0 aliphatic rings. The SMILES string of the molecule is CCC(CN)C(=O)NCC(C)CSC. The Morgan fingerprint density at radius 3 is 2.64 bits per heavy atom. The molecule has 1 amide bonds. The van der Waals surface area contributed by atoms with E-state index >= 15 is 0 Å². The van der Waals surface area contributed by atoms with Crippen LogP contribution in [0.2, 0.25) is 0 Å². The van der Waals surface area contributed by atoms with Gasteiger partial charge in [-0.05, 0) is 24.3 Å². The minimum absolute atomic E-state index is 0.0171. The number of nitrogens with two attached hydrogens (primary N) is 1. The lowest BCUT2D eigenvalue weighted by Gasteiger charge is -2.15. The highest BCUT2D eigenvalue weighted by Crippen LogP contribution is 2.04. The molecule has 0 bridgehead atoms. The summed E-state index contributed by atoms with van der Waals surface area (Å²) in [5.74, 6) is 1.70. The van der Waals surface area contributed by atoms with Crippen LogP contribution in [0.5, 0.6) is 0 Å². The first-order valence-corrected chi connectivity index (χ1v) is 6.51. The van der Waals surface area contributed by atoms with Crippen LogP contribution in [-0.2, 0) is 4.79 Å². The summed E-state index contributed by atoms with van der Waals surface area (Å²) in [7, 11) is 0. The van der Waals surface area contributed by atoms with E-state index in [9.17, 15) is 4.79 Å². The Morgan fingerprint density at radius 1 is 1.57 bits per heavy atom. The molecule has 0 radical (unpaired) electrons. The third-order valence-corrected chi connectivity index (χ3v) is 3.13. The van der Waals surface area contributed by atoms with Crippen molar-refractivity contribution >= 4 is 17.7 Å². The number of hydrogen-bond donors (Lipinski definition) is 2. The Hall–Kier alpha value is -0.220. The fraction of sp³-hybridized carbons (Fsp3) is 0.900. The number of rotatable bonds is 7. The third-order valence-electron chi connectivity index (χ3n) is 2.22. The van der Waals surface area contributed by atoms with Crippen molar-refractivity contribution in [1.82, 2.24) is 5.32 Å². The molecular weight excluding hydrogens is 196 g/mol. The molecule has 0 aromatic heterocycles. The number of hydrogen-bond acceptors (Lipinski definition) is 3. The quantitative estimate of drug-likeness (QED) is 0.672. The van der Waals surface area contributed by atoms with E-state index in [1.165, 1.54) is 0 Å². The van der Waals surface area contributed by atoms with Gasteiger partial charge in [0.15, 0.2) is 0 Å². The fourth-order valence-electron chi connectivity index (χ4n) is 1.22. The number of carbonyl (C=O) groups is 1. The van der Waals surface area contributed by atoms with Gasteiger partial charge >= 0.3 is 0 Å². The van der Waals surface area contributed by atoms with Crippen LogP contribution in [-0.4, -0.2) is 31.0 Å². The van der Waals surface area contributed by atoms with Gasteiger partial charge in [-0.2, -0.15) is 11.8 Å². The lowest BCUT2D eigenvalue weighted by atomic mass is 10.1. The van der Waals surface area contributed by atoms with E-state index in [1.807, 2.05) is 6.92 Å². The third kappa shape index (κ3) is 5.50. The molecule has 2 atom stereocenters. The van der Waals surface area contributed by atoms with Crippen molar-refractivity contribution in [3.63, 3.8) is 0 Å². The van der Waals surface area contributed by atoms with E-state index in [0.717, 1.165) is 18.7 Å². The normalized spacial score (nSPS) is 14.9. The molecule has 4 heteroatoms. The monoisotopic (exact) mass is 218 g/mol. The van der Waals surface area contributed by atoms with Crippen molar-refractivity contribution in [3.05, 3.63) is 0 Å². The van der Waals surface area contributed by atoms with Gasteiger partial charge in [-0.1, -0.05) is 13.8 Å². The number of carbonyl (C=O) groups excluding carboxylic acids is 1. The van der Waals surface area contributed by atoms with E-state index in [-0.39, 0.29) is 11.8 Å². The predicted octanol–water partition coefficient (Wildman–Crippen LogP) is 1.09. The van der Waals surface area contributed by atoms with Crippen LogP contribution < -0.4 is 11.1 Å². The minimum Gasteiger partial charge on any atom is -0.356 e. The van der Waals surface area contributed by atoms with Gasteiger partial charge in [0.2, 0.25) is 5.91 Å². The van der Waals surface area contributed by atoms with Crippen LogP contribution >= 0.6 is 11.8 Å². The van der Waals surface area contributed by atoms with Gasteiger partial charge in [-0.3, -0.25) is 4.79 Å². The zero-order valence-electron chi connectivity index (χ0n) is 9.38. The van der Waals surface area contributed by atoms with E-state index in [2.05, 4.69) is 18.5 Å². The number of thioether (sulfide) groups is 1. The van der Waals surface area contributed by atoms with Crippen molar-refractivity contribution in [3.8, 4) is 0 Å². The summed E-state index contributed by atoms with van der Waals surface area (Å²) in [5.41, 5.74) is 5.48. The fourth-order valence-corrected chi connectivity index (χ4v) is 1.91. The van der Waals surface area contributed by atoms with Crippen LogP contribution in [0, 0.1) is 11.8 Å². The van der Waals surface area contributed by atoms with Gasteiger partial charge in [-0.25, -0.2) is 0 Å². The Balaban J connectivity index is 3.71. The van der Waals surface area contributed by atoms with Crippen LogP contribution in [0.3, 0.4) is 0 Å². The van der Waals surface area contributed by atoms with Gasteiger partial charge in [0.05, 0.1) is 0 Å². The smallest absolute Gasteiger partial charge is 0.224 e. The molecule has 0 saturated carbocycles. The summed E-state index contributed by atoms with van der Waals surface area (Å²) in [6.45, 7) is 5.33. The topological polar surface area (TPSA) is 55.1 Å². The summed E-state index contributed by atoms with van der Waals surface area (Å²) in [6, 6.07) is 0. The van der Waals surface area contributed by atoms with Crippen LogP contribution in [0.25, 0.3) is 0 Å². The highest BCUT2D eigenvalue weighted by atomic mass is 32.2. The van der Waals surface area contributed by atoms with Gasteiger partial charge in [0.25, 0.3) is 0 Å². The molecule has 0 aromatic rings.